The van der Waals surface area contributed by atoms with Gasteiger partial charge in [-0.2, -0.15) is 0 Å². The predicted molar refractivity (Wildman–Crippen MR) is 110 cm³/mol. The summed E-state index contributed by atoms with van der Waals surface area (Å²) in [6.45, 7) is 6.64. The summed E-state index contributed by atoms with van der Waals surface area (Å²) in [5, 5.41) is 3.41. The van der Waals surface area contributed by atoms with Gasteiger partial charge in [0.1, 0.15) is 5.65 Å². The Bertz CT molecular complexity index is 1290. The maximum absolute atomic E-state index is 14.4. The molecule has 0 radical (unpaired) electrons. The molecule has 1 atom stereocenters. The average Bonchev–Trinajstić information content (AvgIpc) is 3.08. The molecular formula is C21H21FN6O. The van der Waals surface area contributed by atoms with Crippen molar-refractivity contribution in [1.82, 2.24) is 24.1 Å². The normalized spacial score (nSPS) is 17.3. The third kappa shape index (κ3) is 3.15. The van der Waals surface area contributed by atoms with Gasteiger partial charge in [0, 0.05) is 55.9 Å². The molecule has 1 N–H and O–H groups in total. The van der Waals surface area contributed by atoms with E-state index in [0.29, 0.717) is 22.9 Å². The predicted octanol–water partition coefficient (Wildman–Crippen LogP) is 2.25. The average molecular weight is 392 g/mol. The molecule has 0 amide bonds. The molecule has 4 aromatic rings. The molecule has 5 heterocycles. The van der Waals surface area contributed by atoms with Gasteiger partial charge in [-0.1, -0.05) is 0 Å². The van der Waals surface area contributed by atoms with Crippen LogP contribution in [-0.4, -0.2) is 44.4 Å². The number of rotatable bonds is 2. The number of halogens is 1. The number of aromatic nitrogens is 4. The Hall–Kier alpha value is -3.26. The molecule has 0 bridgehead atoms. The van der Waals surface area contributed by atoms with Gasteiger partial charge >= 0.3 is 0 Å². The number of pyridine rings is 2. The SMILES string of the molecule is Cc1cn2cc(-c3cc(=O)n4cc(N5CCN[C@H](C)C5)ccc4n3)cc(F)c2n1. The molecule has 1 aliphatic rings. The van der Waals surface area contributed by atoms with Crippen molar-refractivity contribution in [2.45, 2.75) is 19.9 Å². The minimum atomic E-state index is -0.444. The van der Waals surface area contributed by atoms with Crippen molar-refractivity contribution in [1.29, 1.82) is 0 Å². The Morgan fingerprint density at radius 1 is 1.17 bits per heavy atom. The van der Waals surface area contributed by atoms with Gasteiger partial charge in [-0.25, -0.2) is 14.4 Å². The Balaban J connectivity index is 1.58. The highest BCUT2D eigenvalue weighted by Gasteiger charge is 2.17. The standard InChI is InChI=1S/C21H21FN6O/c1-13-9-26(6-5-23-13)16-3-4-19-25-18(8-20(29)28(19)12-16)15-7-17(22)21-24-14(2)10-27(21)11-15/h3-4,7-8,10-13,23H,5-6,9H2,1-2H3/t13-/m1/s1. The molecule has 148 valence electrons. The smallest absolute Gasteiger partial charge is 0.258 e. The maximum atomic E-state index is 14.4. The Morgan fingerprint density at radius 3 is 2.86 bits per heavy atom. The van der Waals surface area contributed by atoms with E-state index in [9.17, 15) is 9.18 Å². The summed E-state index contributed by atoms with van der Waals surface area (Å²) in [5.74, 6) is -0.444. The van der Waals surface area contributed by atoms with Gasteiger partial charge in [0.05, 0.1) is 17.1 Å². The van der Waals surface area contributed by atoms with Crippen molar-refractivity contribution in [2.75, 3.05) is 24.5 Å². The highest BCUT2D eigenvalue weighted by Crippen LogP contribution is 2.22. The van der Waals surface area contributed by atoms with Crippen LogP contribution in [0.3, 0.4) is 0 Å². The summed E-state index contributed by atoms with van der Waals surface area (Å²) < 4.78 is 17.6. The summed E-state index contributed by atoms with van der Waals surface area (Å²) in [7, 11) is 0. The van der Waals surface area contributed by atoms with E-state index in [4.69, 9.17) is 0 Å². The molecule has 0 aromatic carbocycles. The number of nitrogens with zero attached hydrogens (tertiary/aromatic N) is 5. The Labute approximate surface area is 166 Å². The highest BCUT2D eigenvalue weighted by molar-refractivity contribution is 5.64. The number of imidazole rings is 1. The first-order valence-electron chi connectivity index (χ1n) is 9.65. The van der Waals surface area contributed by atoms with Gasteiger partial charge in [-0.15, -0.1) is 0 Å². The topological polar surface area (TPSA) is 66.9 Å². The molecule has 1 fully saturated rings. The van der Waals surface area contributed by atoms with Crippen LogP contribution in [0.15, 0.2) is 47.7 Å². The fourth-order valence-corrected chi connectivity index (χ4v) is 3.91. The van der Waals surface area contributed by atoms with E-state index in [1.54, 1.807) is 21.2 Å². The molecule has 29 heavy (non-hydrogen) atoms. The molecule has 1 aliphatic heterocycles. The lowest BCUT2D eigenvalue weighted by Crippen LogP contribution is -2.49. The highest BCUT2D eigenvalue weighted by atomic mass is 19.1. The first kappa shape index (κ1) is 17.8. The molecule has 0 saturated carbocycles. The third-order valence-corrected chi connectivity index (χ3v) is 5.30. The maximum Gasteiger partial charge on any atom is 0.258 e. The molecule has 5 rings (SSSR count). The summed E-state index contributed by atoms with van der Waals surface area (Å²) in [5.41, 5.74) is 3.28. The molecule has 0 spiro atoms. The first-order valence-corrected chi connectivity index (χ1v) is 9.65. The number of piperazine rings is 1. The van der Waals surface area contributed by atoms with Crippen LogP contribution in [0.1, 0.15) is 12.6 Å². The third-order valence-electron chi connectivity index (χ3n) is 5.30. The fraction of sp³-hybridized carbons (Fsp3) is 0.286. The molecule has 4 aromatic heterocycles. The van der Waals surface area contributed by atoms with Crippen molar-refractivity contribution >= 4 is 17.0 Å². The van der Waals surface area contributed by atoms with E-state index in [1.807, 2.05) is 25.3 Å². The van der Waals surface area contributed by atoms with Gasteiger partial charge in [-0.3, -0.25) is 9.20 Å². The van der Waals surface area contributed by atoms with Crippen molar-refractivity contribution in [2.24, 2.45) is 0 Å². The monoisotopic (exact) mass is 392 g/mol. The second kappa shape index (κ2) is 6.66. The number of nitrogens with one attached hydrogen (secondary N) is 1. The van der Waals surface area contributed by atoms with Crippen LogP contribution in [0.2, 0.25) is 0 Å². The summed E-state index contributed by atoms with van der Waals surface area (Å²) in [4.78, 5) is 23.8. The first-order chi connectivity index (χ1) is 14.0. The largest absolute Gasteiger partial charge is 0.368 e. The summed E-state index contributed by atoms with van der Waals surface area (Å²) in [6.07, 6.45) is 5.32. The van der Waals surface area contributed by atoms with E-state index < -0.39 is 5.82 Å². The number of hydrogen-bond donors (Lipinski definition) is 1. The summed E-state index contributed by atoms with van der Waals surface area (Å²) >= 11 is 0. The number of fused-ring (bicyclic) bond motifs is 2. The van der Waals surface area contributed by atoms with Gasteiger partial charge in [-0.05, 0) is 32.0 Å². The molecule has 8 heteroatoms. The van der Waals surface area contributed by atoms with E-state index in [2.05, 4.69) is 27.1 Å². The molecule has 0 unspecified atom stereocenters. The lowest BCUT2D eigenvalue weighted by atomic mass is 10.2. The molecule has 0 aliphatic carbocycles. The molecule has 1 saturated heterocycles. The quantitative estimate of drug-likeness (QED) is 0.567. The zero-order chi connectivity index (χ0) is 20.1. The minimum absolute atomic E-state index is 0.197. The van der Waals surface area contributed by atoms with Crippen LogP contribution in [0.5, 0.6) is 0 Å². The minimum Gasteiger partial charge on any atom is -0.368 e. The van der Waals surface area contributed by atoms with Crippen LogP contribution in [0, 0.1) is 12.7 Å². The van der Waals surface area contributed by atoms with Crippen LogP contribution in [0.25, 0.3) is 22.6 Å². The summed E-state index contributed by atoms with van der Waals surface area (Å²) in [6, 6.07) is 7.03. The van der Waals surface area contributed by atoms with Crippen LogP contribution in [-0.2, 0) is 0 Å². The van der Waals surface area contributed by atoms with Gasteiger partial charge in [0.2, 0.25) is 0 Å². The van der Waals surface area contributed by atoms with E-state index in [-0.39, 0.29) is 11.2 Å². The second-order valence-electron chi connectivity index (χ2n) is 7.59. The van der Waals surface area contributed by atoms with E-state index in [0.717, 1.165) is 31.0 Å². The number of hydrogen-bond acceptors (Lipinski definition) is 5. The number of anilines is 1. The fourth-order valence-electron chi connectivity index (χ4n) is 3.91. The van der Waals surface area contributed by atoms with E-state index in [1.165, 1.54) is 12.1 Å². The van der Waals surface area contributed by atoms with Crippen LogP contribution < -0.4 is 15.8 Å². The van der Waals surface area contributed by atoms with Gasteiger partial charge in [0.15, 0.2) is 11.5 Å². The molecule has 7 nitrogen and oxygen atoms in total. The van der Waals surface area contributed by atoms with Crippen molar-refractivity contribution in [3.05, 3.63) is 64.7 Å². The second-order valence-corrected chi connectivity index (χ2v) is 7.59. The zero-order valence-electron chi connectivity index (χ0n) is 16.3. The Kier molecular flexibility index (Phi) is 4.09. The van der Waals surface area contributed by atoms with Crippen molar-refractivity contribution in [3.63, 3.8) is 0 Å². The van der Waals surface area contributed by atoms with Crippen LogP contribution in [0.4, 0.5) is 10.1 Å². The molecular weight excluding hydrogens is 371 g/mol. The lowest BCUT2D eigenvalue weighted by molar-refractivity contribution is 0.484. The zero-order valence-corrected chi connectivity index (χ0v) is 16.3. The lowest BCUT2D eigenvalue weighted by Gasteiger charge is -2.33. The van der Waals surface area contributed by atoms with Crippen LogP contribution >= 0.6 is 0 Å². The van der Waals surface area contributed by atoms with Crippen molar-refractivity contribution < 1.29 is 4.39 Å². The van der Waals surface area contributed by atoms with Gasteiger partial charge in [0.25, 0.3) is 5.56 Å². The number of aryl methyl sites for hydroxylation is 1. The van der Waals surface area contributed by atoms with Crippen molar-refractivity contribution in [3.8, 4) is 11.3 Å². The van der Waals surface area contributed by atoms with Gasteiger partial charge < -0.3 is 14.6 Å². The Morgan fingerprint density at radius 2 is 2.03 bits per heavy atom. The van der Waals surface area contributed by atoms with E-state index >= 15 is 0 Å².